The van der Waals surface area contributed by atoms with Gasteiger partial charge in [0, 0.05) is 12.3 Å². The van der Waals surface area contributed by atoms with E-state index in [-0.39, 0.29) is 5.92 Å². The monoisotopic (exact) mass is 258 g/mol. The normalized spacial score (nSPS) is 24.2. The highest BCUT2D eigenvalue weighted by molar-refractivity contribution is 5.81. The molecule has 104 valence electrons. The number of hydrogen-bond donors (Lipinski definition) is 0. The summed E-state index contributed by atoms with van der Waals surface area (Å²) in [5.41, 5.74) is 1.32. The summed E-state index contributed by atoms with van der Waals surface area (Å²) in [5.74, 6) is 1.41. The van der Waals surface area contributed by atoms with Gasteiger partial charge in [-0.25, -0.2) is 0 Å². The average molecular weight is 258 g/mol. The molecule has 0 bridgehead atoms. The molecule has 1 nitrogen and oxygen atoms in total. The van der Waals surface area contributed by atoms with Crippen molar-refractivity contribution in [1.82, 2.24) is 0 Å². The second-order valence-corrected chi connectivity index (χ2v) is 5.91. The Morgan fingerprint density at radius 3 is 2.68 bits per heavy atom. The van der Waals surface area contributed by atoms with Crippen LogP contribution in [-0.4, -0.2) is 5.78 Å². The second kappa shape index (κ2) is 7.47. The largest absolute Gasteiger partial charge is 0.299 e. The Balaban J connectivity index is 2.07. The van der Waals surface area contributed by atoms with Crippen LogP contribution in [0.4, 0.5) is 0 Å². The number of unbranched alkanes of at least 4 members (excludes halogenated alkanes) is 1. The molecule has 1 aliphatic carbocycles. The van der Waals surface area contributed by atoms with Crippen LogP contribution in [0, 0.1) is 11.8 Å². The number of rotatable bonds is 5. The van der Waals surface area contributed by atoms with Crippen LogP contribution >= 0.6 is 0 Å². The van der Waals surface area contributed by atoms with Crippen LogP contribution in [0.2, 0.25) is 0 Å². The zero-order valence-corrected chi connectivity index (χ0v) is 12.1. The lowest BCUT2D eigenvalue weighted by Crippen LogP contribution is -2.24. The molecule has 0 radical (unpaired) electrons. The highest BCUT2D eigenvalue weighted by atomic mass is 16.1. The van der Waals surface area contributed by atoms with E-state index in [0.717, 1.165) is 19.3 Å². The van der Waals surface area contributed by atoms with Gasteiger partial charge in [-0.15, -0.1) is 0 Å². The van der Waals surface area contributed by atoms with E-state index in [1.807, 2.05) is 6.07 Å². The van der Waals surface area contributed by atoms with E-state index in [1.54, 1.807) is 0 Å². The maximum Gasteiger partial charge on any atom is 0.136 e. The molecule has 0 unspecified atom stereocenters. The standard InChI is InChI=1S/C18H26O/c1-2-3-11-16-12-7-8-13-18(19)17(16)14-15-9-5-4-6-10-15/h4-6,9-10,16-17H,2-3,7-8,11-14H2,1H3/t16-,17-/m0/s1. The van der Waals surface area contributed by atoms with E-state index in [4.69, 9.17) is 0 Å². The molecular formula is C18H26O. The highest BCUT2D eigenvalue weighted by Gasteiger charge is 2.29. The molecule has 1 saturated carbocycles. The first-order valence-corrected chi connectivity index (χ1v) is 7.88. The van der Waals surface area contributed by atoms with Gasteiger partial charge in [0.1, 0.15) is 5.78 Å². The third-order valence-corrected chi connectivity index (χ3v) is 4.46. The molecule has 1 fully saturated rings. The molecule has 1 aromatic rings. The molecule has 2 rings (SSSR count). The molecule has 0 N–H and O–H groups in total. The first kappa shape index (κ1) is 14.3. The third kappa shape index (κ3) is 4.19. The Labute approximate surface area is 117 Å². The van der Waals surface area contributed by atoms with E-state index in [0.29, 0.717) is 11.7 Å². The van der Waals surface area contributed by atoms with E-state index in [1.165, 1.54) is 37.7 Å². The summed E-state index contributed by atoms with van der Waals surface area (Å²) in [6.07, 6.45) is 9.10. The predicted octanol–water partition coefficient (Wildman–Crippen LogP) is 4.79. The minimum absolute atomic E-state index is 0.274. The van der Waals surface area contributed by atoms with Gasteiger partial charge in [-0.3, -0.25) is 4.79 Å². The van der Waals surface area contributed by atoms with E-state index < -0.39 is 0 Å². The fourth-order valence-electron chi connectivity index (χ4n) is 3.32. The summed E-state index contributed by atoms with van der Waals surface area (Å²) in [6.45, 7) is 2.24. The van der Waals surface area contributed by atoms with Gasteiger partial charge in [0.05, 0.1) is 0 Å². The molecule has 0 saturated heterocycles. The lowest BCUT2D eigenvalue weighted by Gasteiger charge is -2.24. The highest BCUT2D eigenvalue weighted by Crippen LogP contribution is 2.32. The number of Topliss-reactive ketones (excluding diaryl/α,β-unsaturated/α-hetero) is 1. The lowest BCUT2D eigenvalue weighted by molar-refractivity contribution is -0.124. The Bertz CT molecular complexity index is 382. The Kier molecular flexibility index (Phi) is 5.62. The van der Waals surface area contributed by atoms with Gasteiger partial charge in [0.25, 0.3) is 0 Å². The SMILES string of the molecule is CCCC[C@H]1CCCCC(=O)[C@H]1Cc1ccccc1. The van der Waals surface area contributed by atoms with Crippen LogP contribution in [0.1, 0.15) is 57.4 Å². The van der Waals surface area contributed by atoms with Gasteiger partial charge in [-0.1, -0.05) is 56.5 Å². The van der Waals surface area contributed by atoms with Crippen LogP contribution in [-0.2, 0) is 11.2 Å². The predicted molar refractivity (Wildman–Crippen MR) is 80.1 cm³/mol. The molecule has 0 aliphatic heterocycles. The number of carbonyl (C=O) groups excluding carboxylic acids is 1. The molecule has 0 heterocycles. The van der Waals surface area contributed by atoms with Crippen molar-refractivity contribution in [1.29, 1.82) is 0 Å². The van der Waals surface area contributed by atoms with Gasteiger partial charge in [-0.05, 0) is 37.2 Å². The Hall–Kier alpha value is -1.11. The molecule has 0 amide bonds. The minimum atomic E-state index is 0.274. The van der Waals surface area contributed by atoms with Crippen LogP contribution in [0.3, 0.4) is 0 Å². The number of benzene rings is 1. The van der Waals surface area contributed by atoms with Crippen molar-refractivity contribution in [2.24, 2.45) is 11.8 Å². The summed E-state index contributed by atoms with van der Waals surface area (Å²) >= 11 is 0. The number of ketones is 1. The number of hydrogen-bond acceptors (Lipinski definition) is 1. The summed E-state index contributed by atoms with van der Waals surface area (Å²) < 4.78 is 0. The zero-order valence-electron chi connectivity index (χ0n) is 12.1. The first-order valence-electron chi connectivity index (χ1n) is 7.88. The fourth-order valence-corrected chi connectivity index (χ4v) is 3.32. The molecule has 19 heavy (non-hydrogen) atoms. The molecular weight excluding hydrogens is 232 g/mol. The van der Waals surface area contributed by atoms with Gasteiger partial charge >= 0.3 is 0 Å². The summed E-state index contributed by atoms with van der Waals surface area (Å²) in [5, 5.41) is 0. The summed E-state index contributed by atoms with van der Waals surface area (Å²) in [4.78, 5) is 12.4. The zero-order chi connectivity index (χ0) is 13.5. The van der Waals surface area contributed by atoms with Crippen molar-refractivity contribution in [2.75, 3.05) is 0 Å². The summed E-state index contributed by atoms with van der Waals surface area (Å²) in [6, 6.07) is 10.5. The molecule has 1 heteroatoms. The van der Waals surface area contributed by atoms with E-state index in [2.05, 4.69) is 31.2 Å². The van der Waals surface area contributed by atoms with Crippen molar-refractivity contribution >= 4 is 5.78 Å². The van der Waals surface area contributed by atoms with Gasteiger partial charge < -0.3 is 0 Å². The molecule has 0 aromatic heterocycles. The quantitative estimate of drug-likeness (QED) is 0.694. The van der Waals surface area contributed by atoms with Crippen molar-refractivity contribution in [3.05, 3.63) is 35.9 Å². The van der Waals surface area contributed by atoms with E-state index in [9.17, 15) is 4.79 Å². The average Bonchev–Trinajstić information content (AvgIpc) is 2.61. The maximum atomic E-state index is 12.4. The second-order valence-electron chi connectivity index (χ2n) is 5.91. The van der Waals surface area contributed by atoms with Crippen molar-refractivity contribution in [3.63, 3.8) is 0 Å². The first-order chi connectivity index (χ1) is 9.31. The van der Waals surface area contributed by atoms with Gasteiger partial charge in [0.15, 0.2) is 0 Å². The maximum absolute atomic E-state index is 12.4. The van der Waals surface area contributed by atoms with Crippen LogP contribution in [0.25, 0.3) is 0 Å². The van der Waals surface area contributed by atoms with E-state index >= 15 is 0 Å². The van der Waals surface area contributed by atoms with Crippen LogP contribution < -0.4 is 0 Å². The van der Waals surface area contributed by atoms with Crippen LogP contribution in [0.15, 0.2) is 30.3 Å². The Morgan fingerprint density at radius 1 is 1.16 bits per heavy atom. The smallest absolute Gasteiger partial charge is 0.136 e. The van der Waals surface area contributed by atoms with Crippen molar-refractivity contribution in [2.45, 2.75) is 58.3 Å². The molecule has 1 aliphatic rings. The fraction of sp³-hybridized carbons (Fsp3) is 0.611. The van der Waals surface area contributed by atoms with Crippen molar-refractivity contribution < 1.29 is 4.79 Å². The third-order valence-electron chi connectivity index (χ3n) is 4.46. The van der Waals surface area contributed by atoms with Gasteiger partial charge in [-0.2, -0.15) is 0 Å². The van der Waals surface area contributed by atoms with Crippen molar-refractivity contribution in [3.8, 4) is 0 Å². The molecule has 1 aromatic carbocycles. The number of carbonyl (C=O) groups is 1. The lowest BCUT2D eigenvalue weighted by atomic mass is 9.80. The minimum Gasteiger partial charge on any atom is -0.299 e. The van der Waals surface area contributed by atoms with Gasteiger partial charge in [0.2, 0.25) is 0 Å². The summed E-state index contributed by atoms with van der Waals surface area (Å²) in [7, 11) is 0. The van der Waals surface area contributed by atoms with Crippen LogP contribution in [0.5, 0.6) is 0 Å². The molecule has 0 spiro atoms. The molecule has 2 atom stereocenters. The topological polar surface area (TPSA) is 17.1 Å². The Morgan fingerprint density at radius 2 is 1.95 bits per heavy atom.